The molecule has 8 rings (SSSR count). The van der Waals surface area contributed by atoms with Crippen LogP contribution in [0.4, 0.5) is 43.3 Å². The lowest BCUT2D eigenvalue weighted by Crippen LogP contribution is -2.52. The molecular formula is C46H46ClF2N9O4. The molecule has 3 heterocycles. The Kier molecular flexibility index (Phi) is 12.7. The topological polar surface area (TPSA) is 175 Å². The molecule has 0 bridgehead atoms. The van der Waals surface area contributed by atoms with Crippen LogP contribution in [0.1, 0.15) is 77.1 Å². The summed E-state index contributed by atoms with van der Waals surface area (Å²) < 4.78 is 30.6. The van der Waals surface area contributed by atoms with E-state index in [0.717, 1.165) is 57.9 Å². The minimum Gasteiger partial charge on any atom is -0.369 e. The number of nitrogens with one attached hydrogen (secondary N) is 4. The fraction of sp³-hybridized carbons (Fsp3) is 0.304. The Bertz CT molecular complexity index is 2460. The summed E-state index contributed by atoms with van der Waals surface area (Å²) >= 11 is 6.55. The first-order valence-electron chi connectivity index (χ1n) is 20.8. The number of rotatable bonds is 14. The van der Waals surface area contributed by atoms with E-state index in [1.165, 1.54) is 23.1 Å². The van der Waals surface area contributed by atoms with Crippen molar-refractivity contribution in [2.75, 3.05) is 34.8 Å². The predicted molar refractivity (Wildman–Crippen MR) is 233 cm³/mol. The number of anilines is 6. The first-order valence-corrected chi connectivity index (χ1v) is 21.1. The molecule has 4 amide bonds. The number of halogens is 3. The molecule has 3 aliphatic rings. The lowest BCUT2D eigenvalue weighted by molar-refractivity contribution is -0.134. The molecule has 2 aliphatic heterocycles. The molecule has 0 spiro atoms. The number of para-hydroxylation sites is 1. The maximum Gasteiger partial charge on any atom is 0.251 e. The second-order valence-corrected chi connectivity index (χ2v) is 16.4. The van der Waals surface area contributed by atoms with Crippen LogP contribution in [-0.4, -0.2) is 65.3 Å². The van der Waals surface area contributed by atoms with E-state index in [4.69, 9.17) is 17.3 Å². The fourth-order valence-electron chi connectivity index (χ4n) is 8.33. The molecule has 1 saturated carbocycles. The van der Waals surface area contributed by atoms with Gasteiger partial charge in [-0.05, 0) is 129 Å². The van der Waals surface area contributed by atoms with E-state index in [2.05, 4.69) is 36.1 Å². The summed E-state index contributed by atoms with van der Waals surface area (Å²) in [6.45, 7) is 2.39. The Morgan fingerprint density at radius 3 is 2.31 bits per heavy atom. The van der Waals surface area contributed by atoms with Gasteiger partial charge < -0.3 is 26.6 Å². The van der Waals surface area contributed by atoms with Gasteiger partial charge in [0.2, 0.25) is 23.7 Å². The second-order valence-electron chi connectivity index (χ2n) is 16.0. The Balaban J connectivity index is 0.781. The Morgan fingerprint density at radius 1 is 0.887 bits per heavy atom. The maximum absolute atomic E-state index is 15.5. The van der Waals surface area contributed by atoms with Gasteiger partial charge in [-0.2, -0.15) is 4.98 Å². The summed E-state index contributed by atoms with van der Waals surface area (Å²) in [5, 5.41) is 12.5. The highest BCUT2D eigenvalue weighted by Gasteiger charge is 2.32. The zero-order valence-corrected chi connectivity index (χ0v) is 34.5. The van der Waals surface area contributed by atoms with E-state index in [1.807, 2.05) is 0 Å². The number of carbonyl (C=O) groups is 4. The molecular weight excluding hydrogens is 816 g/mol. The van der Waals surface area contributed by atoms with Crippen LogP contribution in [0.15, 0.2) is 97.2 Å². The van der Waals surface area contributed by atoms with Crippen LogP contribution in [0, 0.1) is 17.6 Å². The Labute approximate surface area is 362 Å². The molecule has 1 aromatic heterocycles. The van der Waals surface area contributed by atoms with Gasteiger partial charge in [0.25, 0.3) is 5.91 Å². The standard InChI is InChI=1S/C46H46ClF2N9O4/c47-36-3-1-2-4-39(36)58(34-12-7-28(8-13-34)42(50)60)43-38(49)26-52-46(56-43)54-31-10-5-29(6-11-31)44(61)53-33-24-32(25-33)51-20-17-27-18-21-57(22-19-27)40-15-9-30(23-37(40)48)35-14-16-41(59)55-45(35)62/h1-13,15,23,26-27,32-33,35,51H,14,16-22,24-25H2,(H2,50,60)(H,53,61)(H,52,54,56)(H,55,59,62). The zero-order chi connectivity index (χ0) is 43.3. The minimum absolute atomic E-state index is 0.0661. The number of piperidine rings is 2. The number of nitrogens with zero attached hydrogens (tertiary/aromatic N) is 4. The van der Waals surface area contributed by atoms with Gasteiger partial charge in [-0.25, -0.2) is 13.8 Å². The number of primary amides is 1. The molecule has 6 N–H and O–H groups in total. The van der Waals surface area contributed by atoms with Gasteiger partial charge in [-0.1, -0.05) is 29.8 Å². The van der Waals surface area contributed by atoms with Crippen LogP contribution >= 0.6 is 11.6 Å². The first-order chi connectivity index (χ1) is 30.0. The van der Waals surface area contributed by atoms with E-state index in [9.17, 15) is 19.2 Å². The van der Waals surface area contributed by atoms with Gasteiger partial charge in [-0.15, -0.1) is 0 Å². The lowest BCUT2D eigenvalue weighted by atomic mass is 9.86. The predicted octanol–water partition coefficient (Wildman–Crippen LogP) is 7.40. The number of carbonyl (C=O) groups excluding carboxylic acids is 4. The quantitative estimate of drug-likeness (QED) is 0.0708. The van der Waals surface area contributed by atoms with Crippen LogP contribution in [0.25, 0.3) is 0 Å². The Morgan fingerprint density at radius 2 is 1.61 bits per heavy atom. The van der Waals surface area contributed by atoms with Gasteiger partial charge >= 0.3 is 0 Å². The van der Waals surface area contributed by atoms with Crippen molar-refractivity contribution in [2.24, 2.45) is 11.7 Å². The molecule has 3 fully saturated rings. The van der Waals surface area contributed by atoms with Gasteiger partial charge in [0, 0.05) is 54.1 Å². The van der Waals surface area contributed by atoms with Crippen LogP contribution in [0.5, 0.6) is 0 Å². The molecule has 16 heteroatoms. The van der Waals surface area contributed by atoms with E-state index in [-0.39, 0.29) is 53.3 Å². The highest BCUT2D eigenvalue weighted by molar-refractivity contribution is 6.33. The molecule has 13 nitrogen and oxygen atoms in total. The van der Waals surface area contributed by atoms with Crippen LogP contribution in [0.2, 0.25) is 5.02 Å². The average molecular weight is 862 g/mol. The van der Waals surface area contributed by atoms with Crippen molar-refractivity contribution in [3.63, 3.8) is 0 Å². The van der Waals surface area contributed by atoms with E-state index in [0.29, 0.717) is 57.3 Å². The SMILES string of the molecule is NC(=O)c1ccc(N(c2ccccc2Cl)c2nc(Nc3ccc(C(=O)NC4CC(NCCC5CCN(c6ccc(C7CCC(=O)NC7=O)cc6F)CC5)C4)cc3)ncc2F)cc1. The van der Waals surface area contributed by atoms with Crippen LogP contribution < -0.4 is 36.8 Å². The second kappa shape index (κ2) is 18.7. The number of hydrogen-bond acceptors (Lipinski definition) is 10. The molecule has 4 aromatic carbocycles. The van der Waals surface area contributed by atoms with E-state index in [1.54, 1.807) is 72.8 Å². The van der Waals surface area contributed by atoms with Gasteiger partial charge in [-0.3, -0.25) is 29.4 Å². The van der Waals surface area contributed by atoms with Gasteiger partial charge in [0.05, 0.1) is 28.5 Å². The van der Waals surface area contributed by atoms with Crippen molar-refractivity contribution in [1.82, 2.24) is 25.9 Å². The number of amides is 4. The normalized spacial score (nSPS) is 19.0. The third kappa shape index (κ3) is 9.69. The third-order valence-corrected chi connectivity index (χ3v) is 12.2. The summed E-state index contributed by atoms with van der Waals surface area (Å²) in [5.41, 5.74) is 8.88. The van der Waals surface area contributed by atoms with Crippen molar-refractivity contribution < 1.29 is 28.0 Å². The van der Waals surface area contributed by atoms with Crippen molar-refractivity contribution >= 4 is 69.7 Å². The van der Waals surface area contributed by atoms with E-state index >= 15 is 8.78 Å². The van der Waals surface area contributed by atoms with Crippen molar-refractivity contribution in [3.05, 3.63) is 131 Å². The maximum atomic E-state index is 15.5. The monoisotopic (exact) mass is 861 g/mol. The number of imide groups is 1. The van der Waals surface area contributed by atoms with Gasteiger partial charge in [0.1, 0.15) is 5.82 Å². The zero-order valence-electron chi connectivity index (χ0n) is 33.8. The third-order valence-electron chi connectivity index (χ3n) is 11.9. The van der Waals surface area contributed by atoms with Gasteiger partial charge in [0.15, 0.2) is 11.6 Å². The summed E-state index contributed by atoms with van der Waals surface area (Å²) in [4.78, 5) is 60.8. The van der Waals surface area contributed by atoms with Crippen molar-refractivity contribution in [3.8, 4) is 0 Å². The number of nitrogens with two attached hydrogens (primary N) is 1. The van der Waals surface area contributed by atoms with Crippen molar-refractivity contribution in [2.45, 2.75) is 62.9 Å². The van der Waals surface area contributed by atoms with E-state index < -0.39 is 17.6 Å². The number of benzene rings is 4. The molecule has 2 saturated heterocycles. The molecule has 1 aliphatic carbocycles. The highest BCUT2D eigenvalue weighted by Crippen LogP contribution is 2.39. The minimum atomic E-state index is -0.708. The number of hydrogen-bond donors (Lipinski definition) is 5. The first kappa shape index (κ1) is 42.2. The Hall–Kier alpha value is -6.45. The summed E-state index contributed by atoms with van der Waals surface area (Å²) in [6.07, 6.45) is 6.32. The molecule has 0 radical (unpaired) electrons. The summed E-state index contributed by atoms with van der Waals surface area (Å²) in [5.74, 6) is -2.42. The molecule has 62 heavy (non-hydrogen) atoms. The largest absolute Gasteiger partial charge is 0.369 e. The average Bonchev–Trinajstić information content (AvgIpc) is 3.25. The smallest absolute Gasteiger partial charge is 0.251 e. The lowest BCUT2D eigenvalue weighted by Gasteiger charge is -2.37. The molecule has 320 valence electrons. The summed E-state index contributed by atoms with van der Waals surface area (Å²) in [6, 6.07) is 25.5. The highest BCUT2D eigenvalue weighted by atomic mass is 35.5. The summed E-state index contributed by atoms with van der Waals surface area (Å²) in [7, 11) is 0. The number of aromatic nitrogens is 2. The molecule has 1 unspecified atom stereocenters. The van der Waals surface area contributed by atoms with Crippen LogP contribution in [-0.2, 0) is 9.59 Å². The fourth-order valence-corrected chi connectivity index (χ4v) is 8.55. The van der Waals surface area contributed by atoms with Crippen molar-refractivity contribution in [1.29, 1.82) is 0 Å². The molecule has 1 atom stereocenters. The van der Waals surface area contributed by atoms with Crippen LogP contribution in [0.3, 0.4) is 0 Å². The molecule has 5 aromatic rings.